The van der Waals surface area contributed by atoms with Gasteiger partial charge in [0.1, 0.15) is 0 Å². The van der Waals surface area contributed by atoms with Crippen LogP contribution in [0.4, 0.5) is 0 Å². The van der Waals surface area contributed by atoms with Crippen molar-refractivity contribution in [3.8, 4) is 0 Å². The molecule has 2 aromatic heterocycles. The zero-order valence-corrected chi connectivity index (χ0v) is 9.29. The number of aryl methyl sites for hydroxylation is 1. The monoisotopic (exact) mass is 222 g/mol. The van der Waals surface area contributed by atoms with E-state index < -0.39 is 5.60 Å². The Bertz CT molecular complexity index is 550. The van der Waals surface area contributed by atoms with Crippen LogP contribution in [-0.4, -0.2) is 29.9 Å². The number of hydrogen-bond donors (Lipinski definition) is 1. The standard InChI is InChI=1S/C10H14N4O2/c1-10(2,16)3-5-14-9(15)13-6-4-11-7-8(13)12-14/h4,6-7,16H,3,5H2,1-2H3. The van der Waals surface area contributed by atoms with Gasteiger partial charge < -0.3 is 5.11 Å². The van der Waals surface area contributed by atoms with Gasteiger partial charge >= 0.3 is 5.69 Å². The van der Waals surface area contributed by atoms with Crippen LogP contribution in [0, 0.1) is 0 Å². The third-order valence-corrected chi connectivity index (χ3v) is 2.32. The minimum atomic E-state index is -0.798. The molecule has 0 unspecified atom stereocenters. The summed E-state index contributed by atoms with van der Waals surface area (Å²) in [6, 6.07) is 0. The summed E-state index contributed by atoms with van der Waals surface area (Å²) in [5.41, 5.74) is -0.488. The number of nitrogens with zero attached hydrogens (tertiary/aromatic N) is 4. The lowest BCUT2D eigenvalue weighted by atomic mass is 10.1. The molecule has 0 radical (unpaired) electrons. The summed E-state index contributed by atoms with van der Waals surface area (Å²) in [6.45, 7) is 3.80. The quantitative estimate of drug-likeness (QED) is 0.796. The molecule has 16 heavy (non-hydrogen) atoms. The van der Waals surface area contributed by atoms with Crippen LogP contribution in [0.1, 0.15) is 20.3 Å². The van der Waals surface area contributed by atoms with Gasteiger partial charge in [0.2, 0.25) is 0 Å². The van der Waals surface area contributed by atoms with E-state index in [9.17, 15) is 9.90 Å². The molecule has 0 aliphatic heterocycles. The second-order valence-corrected chi connectivity index (χ2v) is 4.37. The van der Waals surface area contributed by atoms with Crippen molar-refractivity contribution in [2.24, 2.45) is 0 Å². The highest BCUT2D eigenvalue weighted by molar-refractivity contribution is 5.31. The van der Waals surface area contributed by atoms with E-state index >= 15 is 0 Å². The second-order valence-electron chi connectivity index (χ2n) is 4.37. The first-order valence-electron chi connectivity index (χ1n) is 5.09. The highest BCUT2D eigenvalue weighted by Gasteiger charge is 2.14. The first kappa shape index (κ1) is 10.8. The largest absolute Gasteiger partial charge is 0.390 e. The first-order valence-corrected chi connectivity index (χ1v) is 5.09. The van der Waals surface area contributed by atoms with E-state index in [4.69, 9.17) is 0 Å². The van der Waals surface area contributed by atoms with E-state index in [0.717, 1.165) is 0 Å². The SMILES string of the molecule is CC(C)(O)CCn1nc2cnccn2c1=O. The van der Waals surface area contributed by atoms with Gasteiger partial charge in [-0.1, -0.05) is 0 Å². The van der Waals surface area contributed by atoms with E-state index in [0.29, 0.717) is 18.6 Å². The van der Waals surface area contributed by atoms with Gasteiger partial charge in [-0.25, -0.2) is 13.9 Å². The van der Waals surface area contributed by atoms with Crippen LogP contribution in [0.2, 0.25) is 0 Å². The average molecular weight is 222 g/mol. The topological polar surface area (TPSA) is 72.4 Å². The fraction of sp³-hybridized carbons (Fsp3) is 0.500. The number of fused-ring (bicyclic) bond motifs is 1. The van der Waals surface area contributed by atoms with E-state index in [2.05, 4.69) is 10.1 Å². The number of aliphatic hydroxyl groups is 1. The zero-order chi connectivity index (χ0) is 11.8. The Hall–Kier alpha value is -1.69. The van der Waals surface area contributed by atoms with Gasteiger partial charge in [-0.2, -0.15) is 0 Å². The smallest absolute Gasteiger partial charge is 0.350 e. The first-order chi connectivity index (χ1) is 7.47. The molecule has 0 amide bonds. The molecule has 6 nitrogen and oxygen atoms in total. The van der Waals surface area contributed by atoms with Crippen molar-refractivity contribution in [3.63, 3.8) is 0 Å². The lowest BCUT2D eigenvalue weighted by molar-refractivity contribution is 0.0648. The van der Waals surface area contributed by atoms with Gasteiger partial charge in [0.25, 0.3) is 0 Å². The molecule has 6 heteroatoms. The van der Waals surface area contributed by atoms with Crippen LogP contribution in [0.25, 0.3) is 5.65 Å². The van der Waals surface area contributed by atoms with Crippen molar-refractivity contribution in [2.45, 2.75) is 32.4 Å². The van der Waals surface area contributed by atoms with Gasteiger partial charge in [0.15, 0.2) is 5.65 Å². The number of hydrogen-bond acceptors (Lipinski definition) is 4. The van der Waals surface area contributed by atoms with Crippen LogP contribution >= 0.6 is 0 Å². The fourth-order valence-corrected chi connectivity index (χ4v) is 1.41. The van der Waals surface area contributed by atoms with Crippen LogP contribution in [-0.2, 0) is 6.54 Å². The molecule has 0 saturated heterocycles. The Balaban J connectivity index is 2.32. The van der Waals surface area contributed by atoms with Crippen molar-refractivity contribution in [2.75, 3.05) is 0 Å². The molecular formula is C10H14N4O2. The minimum Gasteiger partial charge on any atom is -0.390 e. The van der Waals surface area contributed by atoms with Gasteiger partial charge in [0.05, 0.1) is 11.8 Å². The molecule has 0 spiro atoms. The minimum absolute atomic E-state index is 0.207. The predicted molar refractivity (Wildman–Crippen MR) is 58.2 cm³/mol. The summed E-state index contributed by atoms with van der Waals surface area (Å²) < 4.78 is 2.77. The molecule has 2 rings (SSSR count). The highest BCUT2D eigenvalue weighted by atomic mass is 16.3. The van der Waals surface area contributed by atoms with E-state index in [1.54, 1.807) is 20.0 Å². The Morgan fingerprint density at radius 1 is 1.50 bits per heavy atom. The zero-order valence-electron chi connectivity index (χ0n) is 9.29. The summed E-state index contributed by atoms with van der Waals surface area (Å²) in [5.74, 6) is 0. The maximum atomic E-state index is 11.8. The third kappa shape index (κ3) is 2.11. The molecule has 2 heterocycles. The Morgan fingerprint density at radius 3 is 2.88 bits per heavy atom. The summed E-state index contributed by atoms with van der Waals surface area (Å²) in [4.78, 5) is 15.7. The summed E-state index contributed by atoms with van der Waals surface area (Å²) in [7, 11) is 0. The Labute approximate surface area is 92.2 Å². The molecule has 1 N–H and O–H groups in total. The maximum absolute atomic E-state index is 11.8. The van der Waals surface area contributed by atoms with Crippen LogP contribution in [0.15, 0.2) is 23.4 Å². The van der Waals surface area contributed by atoms with Crippen LogP contribution in [0.5, 0.6) is 0 Å². The molecule has 0 fully saturated rings. The summed E-state index contributed by atoms with van der Waals surface area (Å²) in [5, 5.41) is 13.7. The molecule has 2 aromatic rings. The van der Waals surface area contributed by atoms with Crippen molar-refractivity contribution in [1.29, 1.82) is 0 Å². The molecule has 0 atom stereocenters. The Kier molecular flexibility index (Phi) is 2.51. The van der Waals surface area contributed by atoms with Gasteiger partial charge in [-0.15, -0.1) is 5.10 Å². The maximum Gasteiger partial charge on any atom is 0.350 e. The molecule has 0 aliphatic rings. The molecule has 0 aromatic carbocycles. The summed E-state index contributed by atoms with van der Waals surface area (Å²) in [6.07, 6.45) is 5.12. The number of aromatic nitrogens is 4. The normalized spacial score (nSPS) is 12.2. The molecule has 0 saturated carbocycles. The Morgan fingerprint density at radius 2 is 2.25 bits per heavy atom. The van der Waals surface area contributed by atoms with E-state index in [1.807, 2.05) is 0 Å². The van der Waals surface area contributed by atoms with Gasteiger partial charge in [0, 0.05) is 18.9 Å². The van der Waals surface area contributed by atoms with Crippen molar-refractivity contribution >= 4 is 5.65 Å². The van der Waals surface area contributed by atoms with E-state index in [1.165, 1.54) is 21.5 Å². The fourth-order valence-electron chi connectivity index (χ4n) is 1.41. The van der Waals surface area contributed by atoms with Gasteiger partial charge in [-0.3, -0.25) is 4.98 Å². The van der Waals surface area contributed by atoms with Crippen molar-refractivity contribution in [3.05, 3.63) is 29.1 Å². The highest BCUT2D eigenvalue weighted by Crippen LogP contribution is 2.07. The third-order valence-electron chi connectivity index (χ3n) is 2.32. The lowest BCUT2D eigenvalue weighted by Crippen LogP contribution is -2.27. The molecule has 0 bridgehead atoms. The van der Waals surface area contributed by atoms with Crippen molar-refractivity contribution in [1.82, 2.24) is 19.2 Å². The van der Waals surface area contributed by atoms with Crippen LogP contribution < -0.4 is 5.69 Å². The van der Waals surface area contributed by atoms with Crippen LogP contribution in [0.3, 0.4) is 0 Å². The average Bonchev–Trinajstić information content (AvgIpc) is 2.53. The predicted octanol–water partition coefficient (Wildman–Crippen LogP) is 0.0520. The number of rotatable bonds is 3. The molecule has 86 valence electrons. The molecule has 0 aliphatic carbocycles. The second kappa shape index (κ2) is 3.71. The van der Waals surface area contributed by atoms with Crippen molar-refractivity contribution < 1.29 is 5.11 Å². The van der Waals surface area contributed by atoms with E-state index in [-0.39, 0.29) is 5.69 Å². The molecular weight excluding hydrogens is 208 g/mol. The summed E-state index contributed by atoms with van der Waals surface area (Å²) >= 11 is 0. The van der Waals surface area contributed by atoms with Gasteiger partial charge in [-0.05, 0) is 20.3 Å². The lowest BCUT2D eigenvalue weighted by Gasteiger charge is -2.15.